The molecule has 0 radical (unpaired) electrons. The Hall–Kier alpha value is -2.27. The Labute approximate surface area is 133 Å². The van der Waals surface area contributed by atoms with Crippen molar-refractivity contribution in [3.05, 3.63) is 53.8 Å². The van der Waals surface area contributed by atoms with E-state index in [9.17, 15) is 4.79 Å². The van der Waals surface area contributed by atoms with Crippen molar-refractivity contribution in [3.8, 4) is 0 Å². The number of rotatable bonds is 6. The van der Waals surface area contributed by atoms with Crippen molar-refractivity contribution in [1.29, 1.82) is 0 Å². The van der Waals surface area contributed by atoms with Gasteiger partial charge >= 0.3 is 0 Å². The molecule has 1 amide bonds. The van der Waals surface area contributed by atoms with Crippen molar-refractivity contribution >= 4 is 33.1 Å². The van der Waals surface area contributed by atoms with Crippen LogP contribution in [0.3, 0.4) is 0 Å². The minimum absolute atomic E-state index is 0.0392. The van der Waals surface area contributed by atoms with Crippen molar-refractivity contribution in [1.82, 2.24) is 9.97 Å². The van der Waals surface area contributed by atoms with Gasteiger partial charge in [-0.15, -0.1) is 11.3 Å². The highest BCUT2D eigenvalue weighted by Crippen LogP contribution is 2.22. The standard InChI is InChI=1S/C17H17N3OS/c21-16(19-13-6-5-11-18-12-13)9-3-4-10-17-20-14-7-1-2-8-15(14)22-17/h1-2,5-8,11-12H,3-4,9-10H2,(H,19,21). The van der Waals surface area contributed by atoms with Crippen molar-refractivity contribution < 1.29 is 4.79 Å². The first-order valence-electron chi connectivity index (χ1n) is 7.35. The lowest BCUT2D eigenvalue weighted by molar-refractivity contribution is -0.116. The number of hydrogen-bond acceptors (Lipinski definition) is 4. The average molecular weight is 311 g/mol. The number of carbonyl (C=O) groups is 1. The van der Waals surface area contributed by atoms with E-state index >= 15 is 0 Å². The van der Waals surface area contributed by atoms with Gasteiger partial charge in [0.25, 0.3) is 0 Å². The number of unbranched alkanes of at least 4 members (excludes halogenated alkanes) is 1. The fraction of sp³-hybridized carbons (Fsp3) is 0.235. The van der Waals surface area contributed by atoms with E-state index in [1.807, 2.05) is 30.3 Å². The molecule has 0 aliphatic carbocycles. The summed E-state index contributed by atoms with van der Waals surface area (Å²) in [7, 11) is 0. The molecule has 0 saturated carbocycles. The summed E-state index contributed by atoms with van der Waals surface area (Å²) in [5.41, 5.74) is 1.82. The maximum Gasteiger partial charge on any atom is 0.224 e. The van der Waals surface area contributed by atoms with Crippen LogP contribution in [0.1, 0.15) is 24.3 Å². The third kappa shape index (κ3) is 3.89. The zero-order valence-corrected chi connectivity index (χ0v) is 13.0. The van der Waals surface area contributed by atoms with Crippen LogP contribution in [0, 0.1) is 0 Å². The molecule has 2 heterocycles. The summed E-state index contributed by atoms with van der Waals surface area (Å²) in [5.74, 6) is 0.0392. The van der Waals surface area contributed by atoms with Gasteiger partial charge in [-0.05, 0) is 43.5 Å². The molecule has 3 rings (SSSR count). The van der Waals surface area contributed by atoms with Gasteiger partial charge in [-0.2, -0.15) is 0 Å². The molecule has 1 aromatic carbocycles. The fourth-order valence-corrected chi connectivity index (χ4v) is 3.26. The third-order valence-corrected chi connectivity index (χ3v) is 4.42. The predicted molar refractivity (Wildman–Crippen MR) is 90.0 cm³/mol. The molecule has 0 atom stereocenters. The molecule has 5 heteroatoms. The van der Waals surface area contributed by atoms with Crippen molar-refractivity contribution in [3.63, 3.8) is 0 Å². The van der Waals surface area contributed by atoms with Gasteiger partial charge < -0.3 is 5.32 Å². The van der Waals surface area contributed by atoms with Gasteiger partial charge in [0.15, 0.2) is 0 Å². The molecule has 0 aliphatic heterocycles. The number of nitrogens with zero attached hydrogens (tertiary/aromatic N) is 2. The second-order valence-corrected chi connectivity index (χ2v) is 6.19. The zero-order chi connectivity index (χ0) is 15.2. The summed E-state index contributed by atoms with van der Waals surface area (Å²) in [6.07, 6.45) is 6.63. The molecule has 0 aliphatic rings. The van der Waals surface area contributed by atoms with Gasteiger partial charge in [0.1, 0.15) is 0 Å². The van der Waals surface area contributed by atoms with Crippen molar-refractivity contribution in [2.45, 2.75) is 25.7 Å². The van der Waals surface area contributed by atoms with Gasteiger partial charge in [0.2, 0.25) is 5.91 Å². The van der Waals surface area contributed by atoms with Crippen LogP contribution in [0.5, 0.6) is 0 Å². The Balaban J connectivity index is 1.42. The second-order valence-electron chi connectivity index (χ2n) is 5.07. The minimum Gasteiger partial charge on any atom is -0.325 e. The number of thiazole rings is 1. The van der Waals surface area contributed by atoms with Crippen LogP contribution in [-0.4, -0.2) is 15.9 Å². The van der Waals surface area contributed by atoms with Gasteiger partial charge in [0, 0.05) is 12.6 Å². The lowest BCUT2D eigenvalue weighted by atomic mass is 10.2. The van der Waals surface area contributed by atoms with E-state index in [0.29, 0.717) is 6.42 Å². The maximum absolute atomic E-state index is 11.8. The Morgan fingerprint density at radius 3 is 2.86 bits per heavy atom. The average Bonchev–Trinajstić information content (AvgIpc) is 2.95. The van der Waals surface area contributed by atoms with Crippen LogP contribution in [0.15, 0.2) is 48.8 Å². The normalized spacial score (nSPS) is 10.7. The lowest BCUT2D eigenvalue weighted by Gasteiger charge is -2.03. The summed E-state index contributed by atoms with van der Waals surface area (Å²) in [4.78, 5) is 20.4. The summed E-state index contributed by atoms with van der Waals surface area (Å²) in [6.45, 7) is 0. The smallest absolute Gasteiger partial charge is 0.224 e. The van der Waals surface area contributed by atoms with Crippen molar-refractivity contribution in [2.75, 3.05) is 5.32 Å². The number of benzene rings is 1. The highest BCUT2D eigenvalue weighted by Gasteiger charge is 2.05. The van der Waals surface area contributed by atoms with Gasteiger partial charge in [-0.25, -0.2) is 4.98 Å². The summed E-state index contributed by atoms with van der Waals surface area (Å²) in [5, 5.41) is 3.99. The van der Waals surface area contributed by atoms with E-state index in [0.717, 1.165) is 35.5 Å². The first-order valence-corrected chi connectivity index (χ1v) is 8.17. The number of amides is 1. The van der Waals surface area contributed by atoms with E-state index in [1.54, 1.807) is 23.7 Å². The SMILES string of the molecule is O=C(CCCCc1nc2ccccc2s1)Nc1cccnc1. The first kappa shape index (κ1) is 14.7. The Morgan fingerprint density at radius 2 is 2.05 bits per heavy atom. The summed E-state index contributed by atoms with van der Waals surface area (Å²) >= 11 is 1.74. The Morgan fingerprint density at radius 1 is 1.14 bits per heavy atom. The topological polar surface area (TPSA) is 54.9 Å². The molecule has 3 aromatic rings. The molecule has 1 N–H and O–H groups in total. The van der Waals surface area contributed by atoms with Crippen LogP contribution in [0.25, 0.3) is 10.2 Å². The maximum atomic E-state index is 11.8. The fourth-order valence-electron chi connectivity index (χ4n) is 2.25. The monoisotopic (exact) mass is 311 g/mol. The van der Waals surface area contributed by atoms with Crippen LogP contribution < -0.4 is 5.32 Å². The molecule has 112 valence electrons. The minimum atomic E-state index is 0.0392. The molecule has 0 unspecified atom stereocenters. The lowest BCUT2D eigenvalue weighted by Crippen LogP contribution is -2.11. The zero-order valence-electron chi connectivity index (χ0n) is 12.2. The Kier molecular flexibility index (Phi) is 4.75. The number of aromatic nitrogens is 2. The second kappa shape index (κ2) is 7.13. The molecule has 2 aromatic heterocycles. The third-order valence-electron chi connectivity index (χ3n) is 3.33. The molecular formula is C17H17N3OS. The van der Waals surface area contributed by atoms with E-state index in [4.69, 9.17) is 0 Å². The molecule has 0 spiro atoms. The molecule has 22 heavy (non-hydrogen) atoms. The molecule has 4 nitrogen and oxygen atoms in total. The van der Waals surface area contributed by atoms with Crippen LogP contribution in [0.4, 0.5) is 5.69 Å². The van der Waals surface area contributed by atoms with Gasteiger partial charge in [-0.1, -0.05) is 12.1 Å². The summed E-state index contributed by atoms with van der Waals surface area (Å²) < 4.78 is 1.23. The highest BCUT2D eigenvalue weighted by atomic mass is 32.1. The molecular weight excluding hydrogens is 294 g/mol. The van der Waals surface area contributed by atoms with E-state index in [1.165, 1.54) is 4.70 Å². The number of para-hydroxylation sites is 1. The molecule has 0 saturated heterocycles. The van der Waals surface area contributed by atoms with Gasteiger partial charge in [0.05, 0.1) is 27.1 Å². The molecule has 0 bridgehead atoms. The molecule has 0 fully saturated rings. The van der Waals surface area contributed by atoms with Crippen LogP contribution >= 0.6 is 11.3 Å². The summed E-state index contributed by atoms with van der Waals surface area (Å²) in [6, 6.07) is 11.8. The number of hydrogen-bond donors (Lipinski definition) is 1. The Bertz CT molecular complexity index is 722. The largest absolute Gasteiger partial charge is 0.325 e. The van der Waals surface area contributed by atoms with E-state index in [2.05, 4.69) is 21.4 Å². The first-order chi connectivity index (χ1) is 10.8. The predicted octanol–water partition coefficient (Wildman–Crippen LogP) is 4.04. The number of fused-ring (bicyclic) bond motifs is 1. The number of pyridine rings is 1. The number of carbonyl (C=O) groups excluding carboxylic acids is 1. The van der Waals surface area contributed by atoms with Crippen LogP contribution in [-0.2, 0) is 11.2 Å². The number of anilines is 1. The van der Waals surface area contributed by atoms with E-state index < -0.39 is 0 Å². The van der Waals surface area contributed by atoms with Crippen molar-refractivity contribution in [2.24, 2.45) is 0 Å². The highest BCUT2D eigenvalue weighted by molar-refractivity contribution is 7.18. The quantitative estimate of drug-likeness (QED) is 0.699. The number of nitrogens with one attached hydrogen (secondary N) is 1. The number of aryl methyl sites for hydroxylation is 1. The van der Waals surface area contributed by atoms with Crippen LogP contribution in [0.2, 0.25) is 0 Å². The van der Waals surface area contributed by atoms with E-state index in [-0.39, 0.29) is 5.91 Å². The van der Waals surface area contributed by atoms with Gasteiger partial charge in [-0.3, -0.25) is 9.78 Å².